The van der Waals surface area contributed by atoms with Crippen molar-refractivity contribution in [2.75, 3.05) is 6.79 Å². The molecule has 2 aliphatic heterocycles. The van der Waals surface area contributed by atoms with E-state index in [0.29, 0.717) is 29.1 Å². The fourth-order valence-corrected chi connectivity index (χ4v) is 5.08. The van der Waals surface area contributed by atoms with Gasteiger partial charge in [-0.15, -0.1) is 0 Å². The zero-order valence-electron chi connectivity index (χ0n) is 17.3. The van der Waals surface area contributed by atoms with Gasteiger partial charge in [0.15, 0.2) is 17.3 Å². The van der Waals surface area contributed by atoms with Gasteiger partial charge in [0, 0.05) is 29.3 Å². The van der Waals surface area contributed by atoms with Gasteiger partial charge in [-0.25, -0.2) is 4.79 Å². The van der Waals surface area contributed by atoms with E-state index in [1.165, 1.54) is 6.42 Å². The number of esters is 1. The van der Waals surface area contributed by atoms with Crippen molar-refractivity contribution in [3.05, 3.63) is 46.3 Å². The zero-order valence-corrected chi connectivity index (χ0v) is 17.3. The average Bonchev–Trinajstić information content (AvgIpc) is 3.21. The van der Waals surface area contributed by atoms with Gasteiger partial charge in [0.25, 0.3) is 0 Å². The summed E-state index contributed by atoms with van der Waals surface area (Å²) in [7, 11) is 0. The van der Waals surface area contributed by atoms with Gasteiger partial charge in [0.2, 0.25) is 6.79 Å². The molecule has 0 unspecified atom stereocenters. The maximum absolute atomic E-state index is 13.4. The van der Waals surface area contributed by atoms with Crippen molar-refractivity contribution < 1.29 is 23.8 Å². The van der Waals surface area contributed by atoms with Crippen LogP contribution in [0.1, 0.15) is 69.8 Å². The summed E-state index contributed by atoms with van der Waals surface area (Å²) in [5.41, 5.74) is 3.79. The van der Waals surface area contributed by atoms with Crippen LogP contribution in [0, 0.1) is 0 Å². The summed E-state index contributed by atoms with van der Waals surface area (Å²) in [6.07, 6.45) is 7.30. The van der Waals surface area contributed by atoms with Crippen molar-refractivity contribution in [1.29, 1.82) is 0 Å². The smallest absolute Gasteiger partial charge is 0.337 e. The Morgan fingerprint density at radius 3 is 2.70 bits per heavy atom. The van der Waals surface area contributed by atoms with Gasteiger partial charge in [0.05, 0.1) is 5.57 Å². The van der Waals surface area contributed by atoms with Crippen molar-refractivity contribution in [3.8, 4) is 11.5 Å². The summed E-state index contributed by atoms with van der Waals surface area (Å²) in [6.45, 7) is 2.09. The quantitative estimate of drug-likeness (QED) is 0.752. The van der Waals surface area contributed by atoms with E-state index in [1.54, 1.807) is 0 Å². The number of benzene rings is 1. The summed E-state index contributed by atoms with van der Waals surface area (Å²) >= 11 is 0. The molecule has 1 aromatic rings. The molecule has 0 radical (unpaired) electrons. The largest absolute Gasteiger partial charge is 0.459 e. The Morgan fingerprint density at radius 2 is 1.87 bits per heavy atom. The lowest BCUT2D eigenvalue weighted by molar-refractivity contribution is -0.146. The van der Waals surface area contributed by atoms with Gasteiger partial charge < -0.3 is 19.5 Å². The molecule has 0 amide bonds. The highest BCUT2D eigenvalue weighted by Gasteiger charge is 2.40. The Morgan fingerprint density at radius 1 is 1.07 bits per heavy atom. The highest BCUT2D eigenvalue weighted by atomic mass is 16.7. The molecule has 0 spiro atoms. The number of nitrogens with one attached hydrogen (secondary N) is 1. The van der Waals surface area contributed by atoms with E-state index in [-0.39, 0.29) is 24.6 Å². The van der Waals surface area contributed by atoms with Crippen LogP contribution in [-0.2, 0) is 14.3 Å². The molecule has 2 heterocycles. The van der Waals surface area contributed by atoms with Crippen LogP contribution in [-0.4, -0.2) is 24.6 Å². The van der Waals surface area contributed by atoms with E-state index in [0.717, 1.165) is 55.5 Å². The minimum Gasteiger partial charge on any atom is -0.459 e. The predicted molar refractivity (Wildman–Crippen MR) is 110 cm³/mol. The van der Waals surface area contributed by atoms with Crippen LogP contribution in [0.2, 0.25) is 0 Å². The number of allylic oxidation sites excluding steroid dienone is 3. The molecule has 6 heteroatoms. The number of ether oxygens (including phenoxy) is 3. The molecule has 158 valence electrons. The third-order valence-corrected chi connectivity index (χ3v) is 6.55. The monoisotopic (exact) mass is 409 g/mol. The van der Waals surface area contributed by atoms with E-state index in [4.69, 9.17) is 14.2 Å². The standard InChI is InChI=1S/C24H27NO5/c1-14-21(24(27)30-16-6-3-2-4-7-16)22(23-17(25-14)8-5-9-18(23)26)15-10-11-19-20(12-15)29-13-28-19/h10-12,16,22,25H,2-9,13H2,1H3/t22-/m1/s1. The van der Waals surface area contributed by atoms with E-state index < -0.39 is 5.92 Å². The third-order valence-electron chi connectivity index (χ3n) is 6.55. The van der Waals surface area contributed by atoms with Crippen LogP contribution in [0.3, 0.4) is 0 Å². The lowest BCUT2D eigenvalue weighted by Gasteiger charge is -2.35. The number of rotatable bonds is 3. The fourth-order valence-electron chi connectivity index (χ4n) is 5.08. The summed E-state index contributed by atoms with van der Waals surface area (Å²) in [5.74, 6) is 0.666. The fraction of sp³-hybridized carbons (Fsp3) is 0.500. The Kier molecular flexibility index (Phi) is 5.01. The molecule has 4 aliphatic rings. The van der Waals surface area contributed by atoms with Crippen LogP contribution in [0.25, 0.3) is 0 Å². The van der Waals surface area contributed by atoms with Crippen molar-refractivity contribution in [2.24, 2.45) is 0 Å². The van der Waals surface area contributed by atoms with Gasteiger partial charge >= 0.3 is 5.97 Å². The van der Waals surface area contributed by atoms with Gasteiger partial charge in [-0.2, -0.15) is 0 Å². The summed E-state index contributed by atoms with van der Waals surface area (Å²) in [5, 5.41) is 3.35. The highest BCUT2D eigenvalue weighted by Crippen LogP contribution is 2.45. The number of carbonyl (C=O) groups excluding carboxylic acids is 2. The Labute approximate surface area is 176 Å². The third kappa shape index (κ3) is 3.38. The molecule has 0 bridgehead atoms. The van der Waals surface area contributed by atoms with E-state index >= 15 is 0 Å². The van der Waals surface area contributed by atoms with Crippen molar-refractivity contribution in [2.45, 2.75) is 70.3 Å². The molecule has 6 nitrogen and oxygen atoms in total. The molecular weight excluding hydrogens is 382 g/mol. The van der Waals surface area contributed by atoms with Crippen molar-refractivity contribution in [1.82, 2.24) is 5.32 Å². The first-order valence-electron chi connectivity index (χ1n) is 11.0. The number of carbonyl (C=O) groups is 2. The number of dihydropyridines is 1. The molecule has 1 N–H and O–H groups in total. The van der Waals surface area contributed by atoms with Gasteiger partial charge in [-0.05, 0) is 63.1 Å². The molecule has 1 atom stereocenters. The topological polar surface area (TPSA) is 73.9 Å². The molecule has 0 saturated heterocycles. The van der Waals surface area contributed by atoms with Crippen LogP contribution in [0.5, 0.6) is 11.5 Å². The molecular formula is C24H27NO5. The second-order valence-corrected chi connectivity index (χ2v) is 8.54. The van der Waals surface area contributed by atoms with Crippen LogP contribution in [0.15, 0.2) is 40.7 Å². The first kappa shape index (κ1) is 19.2. The van der Waals surface area contributed by atoms with Crippen molar-refractivity contribution >= 4 is 11.8 Å². The number of fused-ring (bicyclic) bond motifs is 1. The molecule has 1 fully saturated rings. The van der Waals surface area contributed by atoms with Crippen LogP contribution < -0.4 is 14.8 Å². The van der Waals surface area contributed by atoms with Gasteiger partial charge in [0.1, 0.15) is 6.10 Å². The maximum Gasteiger partial charge on any atom is 0.337 e. The van der Waals surface area contributed by atoms with Gasteiger partial charge in [-0.1, -0.05) is 12.5 Å². The number of hydrogen-bond acceptors (Lipinski definition) is 6. The number of Topliss-reactive ketones (excluding diaryl/α,β-unsaturated/α-hetero) is 1. The summed E-state index contributed by atoms with van der Waals surface area (Å²) < 4.78 is 16.9. The normalized spacial score (nSPS) is 23.9. The van der Waals surface area contributed by atoms with Crippen LogP contribution >= 0.6 is 0 Å². The van der Waals surface area contributed by atoms with E-state index in [9.17, 15) is 9.59 Å². The minimum absolute atomic E-state index is 0.0404. The first-order chi connectivity index (χ1) is 14.6. The second-order valence-electron chi connectivity index (χ2n) is 8.54. The van der Waals surface area contributed by atoms with E-state index in [2.05, 4.69) is 5.32 Å². The molecule has 30 heavy (non-hydrogen) atoms. The predicted octanol–water partition coefficient (Wildman–Crippen LogP) is 4.26. The average molecular weight is 409 g/mol. The van der Waals surface area contributed by atoms with Crippen molar-refractivity contribution in [3.63, 3.8) is 0 Å². The van der Waals surface area contributed by atoms with Crippen LogP contribution in [0.4, 0.5) is 0 Å². The molecule has 2 aliphatic carbocycles. The van der Waals surface area contributed by atoms with Gasteiger partial charge in [-0.3, -0.25) is 4.79 Å². The minimum atomic E-state index is -0.445. The second kappa shape index (κ2) is 7.82. The Bertz CT molecular complexity index is 954. The zero-order chi connectivity index (χ0) is 20.7. The SMILES string of the molecule is CC1=C(C(=O)OC2CCCCC2)[C@@H](c2ccc3c(c2)OCO3)C2=C(CCCC2=O)N1. The molecule has 5 rings (SSSR count). The Balaban J connectivity index is 1.55. The Hall–Kier alpha value is -2.76. The number of hydrogen-bond donors (Lipinski definition) is 1. The highest BCUT2D eigenvalue weighted by molar-refractivity contribution is 6.03. The maximum atomic E-state index is 13.4. The number of ketones is 1. The van der Waals surface area contributed by atoms with E-state index in [1.807, 2.05) is 25.1 Å². The molecule has 1 saturated carbocycles. The summed E-state index contributed by atoms with van der Waals surface area (Å²) in [4.78, 5) is 26.3. The lowest BCUT2D eigenvalue weighted by Crippen LogP contribution is -2.35. The lowest BCUT2D eigenvalue weighted by atomic mass is 9.75. The summed E-state index contributed by atoms with van der Waals surface area (Å²) in [6, 6.07) is 5.68. The first-order valence-corrected chi connectivity index (χ1v) is 11.0. The molecule has 0 aromatic heterocycles. The molecule has 1 aromatic carbocycles.